The van der Waals surface area contributed by atoms with Crippen LogP contribution >= 0.6 is 0 Å². The second-order valence-corrected chi connectivity index (χ2v) is 9.38. The lowest BCUT2D eigenvalue weighted by Gasteiger charge is -2.36. The van der Waals surface area contributed by atoms with Gasteiger partial charge in [-0.3, -0.25) is 14.6 Å². The van der Waals surface area contributed by atoms with Crippen molar-refractivity contribution in [2.75, 3.05) is 44.6 Å². The molecule has 1 heterocycles. The van der Waals surface area contributed by atoms with Crippen LogP contribution in [0.4, 0.5) is 5.69 Å². The van der Waals surface area contributed by atoms with Gasteiger partial charge in [0.2, 0.25) is 0 Å². The SMILES string of the molecule is CC(C)N1CCN(CCOc2ccc(O)c(C(=O)Nc3cc(-c4ccccc4)ccc3C(=O)O)c2)CC1. The quantitative estimate of drug-likeness (QED) is 0.397. The third-order valence-corrected chi connectivity index (χ3v) is 6.63. The van der Waals surface area contributed by atoms with Crippen LogP contribution in [0.15, 0.2) is 66.7 Å². The van der Waals surface area contributed by atoms with Gasteiger partial charge in [0.05, 0.1) is 16.8 Å². The molecule has 3 N–H and O–H groups in total. The number of ether oxygens (including phenoxy) is 1. The van der Waals surface area contributed by atoms with Crippen molar-refractivity contribution in [1.82, 2.24) is 9.80 Å². The number of anilines is 1. The number of carbonyl (C=O) groups is 2. The number of hydrogen-bond donors (Lipinski definition) is 3. The summed E-state index contributed by atoms with van der Waals surface area (Å²) in [6.45, 7) is 9.67. The van der Waals surface area contributed by atoms with E-state index in [1.807, 2.05) is 30.3 Å². The van der Waals surface area contributed by atoms with E-state index in [-0.39, 0.29) is 22.6 Å². The summed E-state index contributed by atoms with van der Waals surface area (Å²) in [5, 5.41) is 22.6. The number of piperazine rings is 1. The van der Waals surface area contributed by atoms with Gasteiger partial charge in [0, 0.05) is 38.8 Å². The highest BCUT2D eigenvalue weighted by atomic mass is 16.5. The third kappa shape index (κ3) is 6.67. The van der Waals surface area contributed by atoms with E-state index in [4.69, 9.17) is 4.74 Å². The van der Waals surface area contributed by atoms with Crippen LogP contribution in [0, 0.1) is 0 Å². The minimum Gasteiger partial charge on any atom is -0.507 e. The summed E-state index contributed by atoms with van der Waals surface area (Å²) in [7, 11) is 0. The van der Waals surface area contributed by atoms with Crippen molar-refractivity contribution in [3.05, 3.63) is 77.9 Å². The Kier molecular flexibility index (Phi) is 8.43. The van der Waals surface area contributed by atoms with Crippen molar-refractivity contribution < 1.29 is 24.5 Å². The number of carboxylic acids is 1. The number of phenolic OH excluding ortho intramolecular Hbond substituents is 1. The van der Waals surface area contributed by atoms with Gasteiger partial charge >= 0.3 is 5.97 Å². The van der Waals surface area contributed by atoms with Crippen LogP contribution in [0.1, 0.15) is 34.6 Å². The second-order valence-electron chi connectivity index (χ2n) is 9.38. The number of benzene rings is 3. The molecule has 0 aliphatic carbocycles. The number of aromatic carboxylic acids is 1. The molecule has 194 valence electrons. The summed E-state index contributed by atoms with van der Waals surface area (Å²) < 4.78 is 5.88. The topological polar surface area (TPSA) is 102 Å². The van der Waals surface area contributed by atoms with Crippen LogP contribution in [0.2, 0.25) is 0 Å². The first kappa shape index (κ1) is 26.2. The first-order chi connectivity index (χ1) is 17.8. The van der Waals surface area contributed by atoms with Crippen LogP contribution < -0.4 is 10.1 Å². The Balaban J connectivity index is 1.43. The van der Waals surface area contributed by atoms with Crippen LogP contribution in [-0.2, 0) is 0 Å². The standard InChI is InChI=1S/C29H33N3O5/c1-20(2)32-14-12-31(13-15-32)16-17-37-23-9-11-27(33)25(19-23)28(34)30-26-18-22(8-10-24(26)29(35)36)21-6-4-3-5-7-21/h3-11,18-20,33H,12-17H2,1-2H3,(H,30,34)(H,35,36). The van der Waals surface area contributed by atoms with Crippen molar-refractivity contribution in [3.8, 4) is 22.6 Å². The molecular formula is C29H33N3O5. The van der Waals surface area contributed by atoms with Crippen LogP contribution in [0.3, 0.4) is 0 Å². The van der Waals surface area contributed by atoms with Crippen molar-refractivity contribution >= 4 is 17.6 Å². The number of nitrogens with zero attached hydrogens (tertiary/aromatic N) is 2. The molecule has 0 bridgehead atoms. The molecule has 1 fully saturated rings. The lowest BCUT2D eigenvalue weighted by molar-refractivity contribution is 0.0698. The maximum atomic E-state index is 13.1. The molecule has 0 spiro atoms. The zero-order chi connectivity index (χ0) is 26.4. The molecule has 3 aromatic carbocycles. The molecule has 0 atom stereocenters. The van der Waals surface area contributed by atoms with Crippen molar-refractivity contribution in [2.45, 2.75) is 19.9 Å². The Morgan fingerprint density at radius 2 is 1.65 bits per heavy atom. The molecular weight excluding hydrogens is 470 g/mol. The third-order valence-electron chi connectivity index (χ3n) is 6.63. The maximum Gasteiger partial charge on any atom is 0.337 e. The fourth-order valence-corrected chi connectivity index (χ4v) is 4.42. The Hall–Kier alpha value is -3.88. The molecule has 0 radical (unpaired) electrons. The molecule has 8 heteroatoms. The number of hydrogen-bond acceptors (Lipinski definition) is 6. The molecule has 1 amide bonds. The van der Waals surface area contributed by atoms with E-state index in [1.54, 1.807) is 18.2 Å². The Morgan fingerprint density at radius 1 is 0.919 bits per heavy atom. The van der Waals surface area contributed by atoms with E-state index in [0.717, 1.165) is 43.9 Å². The fraction of sp³-hybridized carbons (Fsp3) is 0.310. The molecule has 0 aromatic heterocycles. The Labute approximate surface area is 217 Å². The molecule has 37 heavy (non-hydrogen) atoms. The van der Waals surface area contributed by atoms with Crippen LogP contribution in [-0.4, -0.2) is 77.3 Å². The van der Waals surface area contributed by atoms with Crippen molar-refractivity contribution in [1.29, 1.82) is 0 Å². The Bertz CT molecular complexity index is 1240. The largest absolute Gasteiger partial charge is 0.507 e. The summed E-state index contributed by atoms with van der Waals surface area (Å²) in [5.41, 5.74) is 1.75. The molecule has 0 unspecified atom stereocenters. The Morgan fingerprint density at radius 3 is 2.32 bits per heavy atom. The highest BCUT2D eigenvalue weighted by Crippen LogP contribution is 2.28. The minimum atomic E-state index is -1.16. The summed E-state index contributed by atoms with van der Waals surface area (Å²) in [6.07, 6.45) is 0. The van der Waals surface area contributed by atoms with Gasteiger partial charge in [-0.05, 0) is 55.3 Å². The van der Waals surface area contributed by atoms with Crippen LogP contribution in [0.25, 0.3) is 11.1 Å². The molecule has 3 aromatic rings. The number of phenols is 1. The van der Waals surface area contributed by atoms with E-state index in [0.29, 0.717) is 18.4 Å². The number of amides is 1. The summed E-state index contributed by atoms with van der Waals surface area (Å²) in [4.78, 5) is 29.7. The van der Waals surface area contributed by atoms with Gasteiger partial charge in [0.25, 0.3) is 5.91 Å². The van der Waals surface area contributed by atoms with E-state index in [2.05, 4.69) is 29.0 Å². The molecule has 1 aliphatic rings. The molecule has 0 saturated carbocycles. The van der Waals surface area contributed by atoms with Crippen LogP contribution in [0.5, 0.6) is 11.5 Å². The summed E-state index contributed by atoms with van der Waals surface area (Å²) in [5.74, 6) is -1.54. The van der Waals surface area contributed by atoms with Gasteiger partial charge < -0.3 is 20.3 Å². The van der Waals surface area contributed by atoms with Gasteiger partial charge in [0.1, 0.15) is 18.1 Å². The number of rotatable bonds is 9. The first-order valence-corrected chi connectivity index (χ1v) is 12.5. The fourth-order valence-electron chi connectivity index (χ4n) is 4.42. The highest BCUT2D eigenvalue weighted by molar-refractivity contribution is 6.09. The average Bonchev–Trinajstić information content (AvgIpc) is 2.90. The van der Waals surface area contributed by atoms with Gasteiger partial charge in [0.15, 0.2) is 0 Å². The van der Waals surface area contributed by atoms with E-state index in [1.165, 1.54) is 18.2 Å². The molecule has 1 aliphatic heterocycles. The van der Waals surface area contributed by atoms with Crippen molar-refractivity contribution in [3.63, 3.8) is 0 Å². The van der Waals surface area contributed by atoms with Gasteiger partial charge in [-0.25, -0.2) is 4.79 Å². The zero-order valence-corrected chi connectivity index (χ0v) is 21.2. The summed E-state index contributed by atoms with van der Waals surface area (Å²) in [6, 6.07) is 19.3. The molecule has 4 rings (SSSR count). The molecule has 1 saturated heterocycles. The van der Waals surface area contributed by atoms with E-state index < -0.39 is 11.9 Å². The van der Waals surface area contributed by atoms with Gasteiger partial charge in [-0.1, -0.05) is 36.4 Å². The summed E-state index contributed by atoms with van der Waals surface area (Å²) >= 11 is 0. The number of aromatic hydroxyl groups is 1. The monoisotopic (exact) mass is 503 g/mol. The van der Waals surface area contributed by atoms with E-state index >= 15 is 0 Å². The highest BCUT2D eigenvalue weighted by Gasteiger charge is 2.20. The lowest BCUT2D eigenvalue weighted by Crippen LogP contribution is -2.49. The van der Waals surface area contributed by atoms with E-state index in [9.17, 15) is 19.8 Å². The predicted molar refractivity (Wildman–Crippen MR) is 144 cm³/mol. The lowest BCUT2D eigenvalue weighted by atomic mass is 10.0. The predicted octanol–water partition coefficient (Wildman–Crippen LogP) is 4.41. The minimum absolute atomic E-state index is 0.00417. The number of carboxylic acid groups (broad SMARTS) is 1. The van der Waals surface area contributed by atoms with Gasteiger partial charge in [-0.15, -0.1) is 0 Å². The molecule has 8 nitrogen and oxygen atoms in total. The smallest absolute Gasteiger partial charge is 0.337 e. The number of nitrogens with one attached hydrogen (secondary N) is 1. The zero-order valence-electron chi connectivity index (χ0n) is 21.2. The normalized spacial score (nSPS) is 14.5. The number of carbonyl (C=O) groups excluding carboxylic acids is 1. The maximum absolute atomic E-state index is 13.1. The first-order valence-electron chi connectivity index (χ1n) is 12.5. The average molecular weight is 504 g/mol. The van der Waals surface area contributed by atoms with Gasteiger partial charge in [-0.2, -0.15) is 0 Å². The van der Waals surface area contributed by atoms with Crippen molar-refractivity contribution in [2.24, 2.45) is 0 Å². The second kappa shape index (κ2) is 11.9.